The average Bonchev–Trinajstić information content (AvgIpc) is 2.65. The largest absolute Gasteiger partial charge is 0.381 e. The summed E-state index contributed by atoms with van der Waals surface area (Å²) < 4.78 is 6.23. The molecule has 1 aromatic heterocycles. The lowest BCUT2D eigenvalue weighted by Crippen LogP contribution is -2.28. The molecule has 0 spiro atoms. The molecule has 0 aliphatic carbocycles. The average molecular weight is 232 g/mol. The molecule has 1 aliphatic rings. The smallest absolute Gasteiger partial charge is 0.0931 e. The van der Waals surface area contributed by atoms with Crippen molar-refractivity contribution in [3.63, 3.8) is 0 Å². The molecule has 4 heteroatoms. The molecule has 2 rings (SSSR count). The summed E-state index contributed by atoms with van der Waals surface area (Å²) in [5.74, 6) is 0.453. The molecule has 14 heavy (non-hydrogen) atoms. The highest BCUT2D eigenvalue weighted by molar-refractivity contribution is 7.14. The number of halogens is 1. The lowest BCUT2D eigenvalue weighted by atomic mass is 9.91. The Morgan fingerprint density at radius 1 is 1.64 bits per heavy atom. The first kappa shape index (κ1) is 10.4. The van der Waals surface area contributed by atoms with Crippen molar-refractivity contribution < 1.29 is 4.74 Å². The molecule has 2 nitrogen and oxygen atoms in total. The van der Waals surface area contributed by atoms with Crippen LogP contribution in [0.2, 0.25) is 4.34 Å². The molecule has 0 bridgehead atoms. The van der Waals surface area contributed by atoms with E-state index in [4.69, 9.17) is 22.1 Å². The fraction of sp³-hybridized carbons (Fsp3) is 0.600. The highest BCUT2D eigenvalue weighted by Gasteiger charge is 2.22. The number of rotatable bonds is 2. The molecule has 0 aromatic carbocycles. The molecule has 2 atom stereocenters. The normalized spacial score (nSPS) is 24.9. The van der Waals surface area contributed by atoms with Gasteiger partial charge in [-0.05, 0) is 29.9 Å². The van der Waals surface area contributed by atoms with E-state index in [9.17, 15) is 0 Å². The Bertz CT molecular complexity index is 296. The monoisotopic (exact) mass is 231 g/mol. The first-order valence-corrected chi connectivity index (χ1v) is 6.10. The fourth-order valence-corrected chi connectivity index (χ4v) is 2.76. The fourth-order valence-electron chi connectivity index (χ4n) is 1.82. The van der Waals surface area contributed by atoms with Crippen molar-refractivity contribution >= 4 is 22.9 Å². The predicted molar refractivity (Wildman–Crippen MR) is 59.8 cm³/mol. The molecular weight excluding hydrogens is 218 g/mol. The van der Waals surface area contributed by atoms with Crippen molar-refractivity contribution in [2.24, 2.45) is 11.7 Å². The Kier molecular flexibility index (Phi) is 3.44. The van der Waals surface area contributed by atoms with Gasteiger partial charge in [-0.3, -0.25) is 0 Å². The van der Waals surface area contributed by atoms with Crippen LogP contribution < -0.4 is 5.73 Å². The number of ether oxygens (including phenoxy) is 1. The van der Waals surface area contributed by atoms with E-state index in [0.29, 0.717) is 5.92 Å². The summed E-state index contributed by atoms with van der Waals surface area (Å²) in [6.45, 7) is 1.67. The summed E-state index contributed by atoms with van der Waals surface area (Å²) in [7, 11) is 0. The lowest BCUT2D eigenvalue weighted by Gasteiger charge is -2.27. The van der Waals surface area contributed by atoms with Crippen molar-refractivity contribution in [3.05, 3.63) is 21.3 Å². The van der Waals surface area contributed by atoms with Crippen LogP contribution in [-0.4, -0.2) is 13.2 Å². The third-order valence-electron chi connectivity index (χ3n) is 2.68. The van der Waals surface area contributed by atoms with Gasteiger partial charge in [0.2, 0.25) is 0 Å². The van der Waals surface area contributed by atoms with E-state index in [1.807, 2.05) is 11.4 Å². The summed E-state index contributed by atoms with van der Waals surface area (Å²) in [4.78, 5) is 0. The Balaban J connectivity index is 2.03. The van der Waals surface area contributed by atoms with Crippen LogP contribution in [0.3, 0.4) is 0 Å². The Morgan fingerprint density at radius 2 is 2.50 bits per heavy atom. The number of thiophene rings is 1. The Labute approximate surface area is 93.0 Å². The maximum Gasteiger partial charge on any atom is 0.0931 e. The van der Waals surface area contributed by atoms with Crippen LogP contribution in [0, 0.1) is 5.92 Å². The molecule has 1 aliphatic heterocycles. The number of nitrogens with two attached hydrogens (primary N) is 1. The van der Waals surface area contributed by atoms with E-state index in [-0.39, 0.29) is 6.04 Å². The van der Waals surface area contributed by atoms with Gasteiger partial charge in [0, 0.05) is 18.6 Å². The third-order valence-corrected chi connectivity index (χ3v) is 3.79. The minimum Gasteiger partial charge on any atom is -0.381 e. The van der Waals surface area contributed by atoms with Gasteiger partial charge < -0.3 is 10.5 Å². The van der Waals surface area contributed by atoms with Gasteiger partial charge in [0.25, 0.3) is 0 Å². The molecule has 2 heterocycles. The summed E-state index contributed by atoms with van der Waals surface area (Å²) in [5, 5.41) is 2.04. The predicted octanol–water partition coefficient (Wildman–Crippen LogP) is 2.83. The van der Waals surface area contributed by atoms with Crippen LogP contribution >= 0.6 is 22.9 Å². The summed E-state index contributed by atoms with van der Waals surface area (Å²) in [5.41, 5.74) is 7.30. The van der Waals surface area contributed by atoms with Crippen LogP contribution in [0.5, 0.6) is 0 Å². The van der Waals surface area contributed by atoms with E-state index in [1.165, 1.54) is 0 Å². The van der Waals surface area contributed by atoms with Crippen LogP contribution in [0.1, 0.15) is 24.4 Å². The number of hydrogen-bond acceptors (Lipinski definition) is 3. The third kappa shape index (κ3) is 2.28. The summed E-state index contributed by atoms with van der Waals surface area (Å²) in [6.07, 6.45) is 2.28. The van der Waals surface area contributed by atoms with Crippen molar-refractivity contribution in [2.45, 2.75) is 18.9 Å². The second kappa shape index (κ2) is 4.62. The summed E-state index contributed by atoms with van der Waals surface area (Å²) in [6, 6.07) is 2.05. The standard InChI is InChI=1S/C10H14ClNOS/c11-9-4-8(6-14-9)10(12)7-2-1-3-13-5-7/h4,6-7,10H,1-3,5,12H2. The molecule has 2 unspecified atom stereocenters. The SMILES string of the molecule is NC(c1csc(Cl)c1)C1CCCOC1. The zero-order valence-electron chi connectivity index (χ0n) is 7.91. The maximum absolute atomic E-state index is 6.15. The van der Waals surface area contributed by atoms with Crippen molar-refractivity contribution in [2.75, 3.05) is 13.2 Å². The second-order valence-corrected chi connectivity index (χ2v) is 5.23. The summed E-state index contributed by atoms with van der Waals surface area (Å²) >= 11 is 7.42. The minimum atomic E-state index is 0.0825. The van der Waals surface area contributed by atoms with Gasteiger partial charge in [-0.25, -0.2) is 0 Å². The van der Waals surface area contributed by atoms with Crippen molar-refractivity contribution in [1.29, 1.82) is 0 Å². The molecule has 0 amide bonds. The van der Waals surface area contributed by atoms with Crippen LogP contribution in [0.15, 0.2) is 11.4 Å². The minimum absolute atomic E-state index is 0.0825. The van der Waals surface area contributed by atoms with Gasteiger partial charge in [0.05, 0.1) is 10.9 Å². The van der Waals surface area contributed by atoms with Crippen LogP contribution in [-0.2, 0) is 4.74 Å². The molecular formula is C10H14ClNOS. The highest BCUT2D eigenvalue weighted by atomic mass is 35.5. The first-order chi connectivity index (χ1) is 6.77. The van der Waals surface area contributed by atoms with Crippen LogP contribution in [0.4, 0.5) is 0 Å². The maximum atomic E-state index is 6.15. The van der Waals surface area contributed by atoms with E-state index < -0.39 is 0 Å². The number of hydrogen-bond donors (Lipinski definition) is 1. The van der Waals surface area contributed by atoms with Gasteiger partial charge in [-0.15, -0.1) is 11.3 Å². The van der Waals surface area contributed by atoms with Gasteiger partial charge >= 0.3 is 0 Å². The van der Waals surface area contributed by atoms with Crippen molar-refractivity contribution in [1.82, 2.24) is 0 Å². The van der Waals surface area contributed by atoms with Gasteiger partial charge in [-0.2, -0.15) is 0 Å². The highest BCUT2D eigenvalue weighted by Crippen LogP contribution is 2.31. The topological polar surface area (TPSA) is 35.2 Å². The molecule has 0 saturated carbocycles. The van der Waals surface area contributed by atoms with E-state index in [1.54, 1.807) is 11.3 Å². The Morgan fingerprint density at radius 3 is 3.07 bits per heavy atom. The van der Waals surface area contributed by atoms with Crippen LogP contribution in [0.25, 0.3) is 0 Å². The quantitative estimate of drug-likeness (QED) is 0.850. The zero-order valence-corrected chi connectivity index (χ0v) is 9.48. The lowest BCUT2D eigenvalue weighted by molar-refractivity contribution is 0.0448. The molecule has 1 fully saturated rings. The van der Waals surface area contributed by atoms with Gasteiger partial charge in [0.1, 0.15) is 0 Å². The molecule has 2 N–H and O–H groups in total. The first-order valence-electron chi connectivity index (χ1n) is 4.84. The molecule has 1 aromatic rings. The zero-order chi connectivity index (χ0) is 9.97. The van der Waals surface area contributed by atoms with Crippen molar-refractivity contribution in [3.8, 4) is 0 Å². The van der Waals surface area contributed by atoms with E-state index in [0.717, 1.165) is 36.0 Å². The Hall–Kier alpha value is -0.0900. The van der Waals surface area contributed by atoms with E-state index >= 15 is 0 Å². The molecule has 0 radical (unpaired) electrons. The second-order valence-electron chi connectivity index (χ2n) is 3.69. The molecule has 1 saturated heterocycles. The van der Waals surface area contributed by atoms with Gasteiger partial charge in [0.15, 0.2) is 0 Å². The molecule has 78 valence electrons. The van der Waals surface area contributed by atoms with Gasteiger partial charge in [-0.1, -0.05) is 11.6 Å². The van der Waals surface area contributed by atoms with E-state index in [2.05, 4.69) is 0 Å².